The fraction of sp³-hybridized carbons (Fsp3) is 0.0435. The molecule has 0 fully saturated rings. The Kier molecular flexibility index (Phi) is 4.26. The number of amides is 1. The predicted molar refractivity (Wildman–Crippen MR) is 116 cm³/mol. The van der Waals surface area contributed by atoms with Crippen molar-refractivity contribution in [3.05, 3.63) is 77.7 Å². The first-order valence-electron chi connectivity index (χ1n) is 9.04. The van der Waals surface area contributed by atoms with E-state index in [1.54, 1.807) is 7.11 Å². The molecule has 0 aliphatic carbocycles. The highest BCUT2D eigenvalue weighted by molar-refractivity contribution is 7.14. The van der Waals surface area contributed by atoms with Gasteiger partial charge in [0.15, 0.2) is 10.9 Å². The Balaban J connectivity index is 1.42. The van der Waals surface area contributed by atoms with E-state index >= 15 is 0 Å². The fourth-order valence-corrected chi connectivity index (χ4v) is 3.99. The first-order chi connectivity index (χ1) is 14.2. The van der Waals surface area contributed by atoms with Crippen molar-refractivity contribution < 1.29 is 13.9 Å². The van der Waals surface area contributed by atoms with Gasteiger partial charge in [0.1, 0.15) is 17.0 Å². The van der Waals surface area contributed by atoms with Crippen LogP contribution in [0.15, 0.2) is 76.5 Å². The van der Waals surface area contributed by atoms with Crippen LogP contribution >= 0.6 is 11.3 Å². The Labute approximate surface area is 170 Å². The molecule has 2 aromatic heterocycles. The maximum absolute atomic E-state index is 12.8. The zero-order valence-corrected chi connectivity index (χ0v) is 16.3. The summed E-state index contributed by atoms with van der Waals surface area (Å²) in [6.45, 7) is 0. The van der Waals surface area contributed by atoms with Crippen LogP contribution in [0.5, 0.6) is 5.75 Å². The number of benzene rings is 3. The van der Waals surface area contributed by atoms with Crippen molar-refractivity contribution in [2.24, 2.45) is 0 Å². The SMILES string of the molecule is COc1ccc2cc(-c3csc(NC(=O)c4cccc5ccccc45)n3)oc2c1. The van der Waals surface area contributed by atoms with Crippen molar-refractivity contribution in [1.29, 1.82) is 0 Å². The highest BCUT2D eigenvalue weighted by atomic mass is 32.1. The maximum Gasteiger partial charge on any atom is 0.258 e. The molecule has 0 unspecified atom stereocenters. The summed E-state index contributed by atoms with van der Waals surface area (Å²) >= 11 is 1.36. The van der Waals surface area contributed by atoms with Crippen LogP contribution in [-0.2, 0) is 0 Å². The lowest BCUT2D eigenvalue weighted by molar-refractivity contribution is 0.102. The van der Waals surface area contributed by atoms with Gasteiger partial charge in [-0.2, -0.15) is 0 Å². The van der Waals surface area contributed by atoms with Crippen LogP contribution in [0.25, 0.3) is 33.2 Å². The topological polar surface area (TPSA) is 64.4 Å². The third kappa shape index (κ3) is 3.23. The summed E-state index contributed by atoms with van der Waals surface area (Å²) in [5.74, 6) is 1.20. The van der Waals surface area contributed by atoms with Gasteiger partial charge in [-0.25, -0.2) is 4.98 Å². The number of anilines is 1. The highest BCUT2D eigenvalue weighted by Gasteiger charge is 2.14. The van der Waals surface area contributed by atoms with Gasteiger partial charge in [-0.1, -0.05) is 36.4 Å². The summed E-state index contributed by atoms with van der Waals surface area (Å²) in [5.41, 5.74) is 2.03. The van der Waals surface area contributed by atoms with Gasteiger partial charge in [0, 0.05) is 22.4 Å². The van der Waals surface area contributed by atoms with Crippen LogP contribution < -0.4 is 10.1 Å². The molecule has 0 radical (unpaired) electrons. The van der Waals surface area contributed by atoms with Crippen molar-refractivity contribution in [2.75, 3.05) is 12.4 Å². The van der Waals surface area contributed by atoms with Gasteiger partial charge in [-0.3, -0.25) is 10.1 Å². The summed E-state index contributed by atoms with van der Waals surface area (Å²) in [6, 6.07) is 21.1. The summed E-state index contributed by atoms with van der Waals surface area (Å²) in [5, 5.41) is 8.20. The molecule has 6 heteroatoms. The van der Waals surface area contributed by atoms with Crippen LogP contribution in [0.4, 0.5) is 5.13 Å². The molecule has 1 N–H and O–H groups in total. The normalized spacial score (nSPS) is 11.1. The third-order valence-electron chi connectivity index (χ3n) is 4.74. The number of ether oxygens (including phenoxy) is 1. The molecule has 5 rings (SSSR count). The number of carbonyl (C=O) groups is 1. The maximum atomic E-state index is 12.8. The molecule has 0 saturated carbocycles. The van der Waals surface area contributed by atoms with E-state index in [1.165, 1.54) is 11.3 Å². The first-order valence-corrected chi connectivity index (χ1v) is 9.92. The van der Waals surface area contributed by atoms with Gasteiger partial charge in [-0.05, 0) is 35.0 Å². The van der Waals surface area contributed by atoms with Crippen molar-refractivity contribution in [1.82, 2.24) is 4.98 Å². The van der Waals surface area contributed by atoms with Gasteiger partial charge in [-0.15, -0.1) is 11.3 Å². The third-order valence-corrected chi connectivity index (χ3v) is 5.50. The number of carbonyl (C=O) groups excluding carboxylic acids is 1. The largest absolute Gasteiger partial charge is 0.497 e. The second-order valence-corrected chi connectivity index (χ2v) is 7.39. The molecule has 142 valence electrons. The molecule has 2 heterocycles. The van der Waals surface area contributed by atoms with Crippen LogP contribution in [0.3, 0.4) is 0 Å². The number of rotatable bonds is 4. The summed E-state index contributed by atoms with van der Waals surface area (Å²) in [7, 11) is 1.62. The Hall–Kier alpha value is -3.64. The smallest absolute Gasteiger partial charge is 0.258 e. The minimum Gasteiger partial charge on any atom is -0.497 e. The van der Waals surface area contributed by atoms with Crippen molar-refractivity contribution >= 4 is 44.1 Å². The molecule has 0 aliphatic heterocycles. The molecule has 5 aromatic rings. The molecule has 29 heavy (non-hydrogen) atoms. The van der Waals surface area contributed by atoms with Gasteiger partial charge in [0.05, 0.1) is 7.11 Å². The average Bonchev–Trinajstić information content (AvgIpc) is 3.39. The molecule has 0 atom stereocenters. The lowest BCUT2D eigenvalue weighted by atomic mass is 10.0. The second kappa shape index (κ2) is 7.07. The van der Waals surface area contributed by atoms with E-state index in [0.717, 1.165) is 27.5 Å². The number of hydrogen-bond donors (Lipinski definition) is 1. The Morgan fingerprint density at radius 1 is 1.03 bits per heavy atom. The Bertz CT molecular complexity index is 1350. The van der Waals surface area contributed by atoms with Crippen LogP contribution in [0, 0.1) is 0 Å². The summed E-state index contributed by atoms with van der Waals surface area (Å²) in [4.78, 5) is 17.3. The summed E-state index contributed by atoms with van der Waals surface area (Å²) < 4.78 is 11.1. The number of methoxy groups -OCH3 is 1. The van der Waals surface area contributed by atoms with E-state index in [1.807, 2.05) is 72.1 Å². The highest BCUT2D eigenvalue weighted by Crippen LogP contribution is 2.32. The lowest BCUT2D eigenvalue weighted by Gasteiger charge is -2.05. The molecule has 0 spiro atoms. The van der Waals surface area contributed by atoms with Crippen molar-refractivity contribution in [3.63, 3.8) is 0 Å². The average molecular weight is 400 g/mol. The molecule has 0 aliphatic rings. The number of fused-ring (bicyclic) bond motifs is 2. The summed E-state index contributed by atoms with van der Waals surface area (Å²) in [6.07, 6.45) is 0. The molecule has 0 bridgehead atoms. The monoisotopic (exact) mass is 400 g/mol. The molecule has 3 aromatic carbocycles. The van der Waals surface area contributed by atoms with E-state index in [2.05, 4.69) is 10.3 Å². The predicted octanol–water partition coefficient (Wildman–Crippen LogP) is 5.97. The minimum absolute atomic E-state index is 0.183. The van der Waals surface area contributed by atoms with Gasteiger partial charge in [0.2, 0.25) is 0 Å². The number of hydrogen-bond acceptors (Lipinski definition) is 5. The first kappa shape index (κ1) is 17.5. The van der Waals surface area contributed by atoms with Crippen LogP contribution in [0.2, 0.25) is 0 Å². The number of thiazole rings is 1. The van der Waals surface area contributed by atoms with E-state index in [4.69, 9.17) is 9.15 Å². The van der Waals surface area contributed by atoms with Gasteiger partial charge in [0.25, 0.3) is 5.91 Å². The lowest BCUT2D eigenvalue weighted by Crippen LogP contribution is -2.12. The van der Waals surface area contributed by atoms with E-state index in [0.29, 0.717) is 22.1 Å². The number of nitrogens with one attached hydrogen (secondary N) is 1. The Morgan fingerprint density at radius 3 is 2.79 bits per heavy atom. The van der Waals surface area contributed by atoms with Gasteiger partial charge < -0.3 is 9.15 Å². The number of nitrogens with zero attached hydrogens (tertiary/aromatic N) is 1. The number of aromatic nitrogens is 1. The zero-order valence-electron chi connectivity index (χ0n) is 15.5. The van der Waals surface area contributed by atoms with Crippen molar-refractivity contribution in [2.45, 2.75) is 0 Å². The van der Waals surface area contributed by atoms with Crippen LogP contribution in [-0.4, -0.2) is 18.0 Å². The second-order valence-electron chi connectivity index (χ2n) is 6.53. The molecule has 0 saturated heterocycles. The fourth-order valence-electron chi connectivity index (χ4n) is 3.30. The van der Waals surface area contributed by atoms with Crippen molar-refractivity contribution in [3.8, 4) is 17.2 Å². The van der Waals surface area contributed by atoms with Gasteiger partial charge >= 0.3 is 0 Å². The molecular weight excluding hydrogens is 384 g/mol. The quantitative estimate of drug-likeness (QED) is 0.404. The Morgan fingerprint density at radius 2 is 1.90 bits per heavy atom. The van der Waals surface area contributed by atoms with Crippen LogP contribution in [0.1, 0.15) is 10.4 Å². The zero-order chi connectivity index (χ0) is 19.8. The number of furan rings is 1. The molecular formula is C23H16N2O3S. The van der Waals surface area contributed by atoms with E-state index < -0.39 is 0 Å². The standard InChI is InChI=1S/C23H16N2O3S/c1-27-16-10-9-15-11-21(28-20(15)12-16)19-13-29-23(24-19)25-22(26)18-8-4-6-14-5-2-3-7-17(14)18/h2-13H,1H3,(H,24,25,26). The molecule has 5 nitrogen and oxygen atoms in total. The molecule has 1 amide bonds. The minimum atomic E-state index is -0.183. The van der Waals surface area contributed by atoms with E-state index in [9.17, 15) is 4.79 Å². The van der Waals surface area contributed by atoms with E-state index in [-0.39, 0.29) is 5.91 Å².